The average Bonchev–Trinajstić information content (AvgIpc) is 2.64. The van der Waals surface area contributed by atoms with E-state index in [9.17, 15) is 4.79 Å². The highest BCUT2D eigenvalue weighted by atomic mass is 16.5. The van der Waals surface area contributed by atoms with Crippen molar-refractivity contribution < 1.29 is 9.15 Å². The van der Waals surface area contributed by atoms with E-state index in [0.29, 0.717) is 16.9 Å². The van der Waals surface area contributed by atoms with Gasteiger partial charge in [0.05, 0.1) is 0 Å². The Morgan fingerprint density at radius 1 is 1.04 bits per heavy atom. The van der Waals surface area contributed by atoms with Crippen molar-refractivity contribution in [2.24, 2.45) is 0 Å². The summed E-state index contributed by atoms with van der Waals surface area (Å²) in [5.74, 6) is 0.701. The largest absolute Gasteiger partial charge is 0.486 e. The summed E-state index contributed by atoms with van der Waals surface area (Å²) in [6.07, 6.45) is 0.795. The standard InChI is InChI=1S/C24H29NO3/c1-24(2,3)20-15-18-11-12-19(16-22(18)28-23(20)26)27-21(13-14-25(4)5)17-9-7-6-8-10-17/h6-12,15-16,21H,13-14H2,1-5H3. The van der Waals surface area contributed by atoms with E-state index in [2.05, 4.69) is 31.1 Å². The number of nitrogens with zero attached hydrogens (tertiary/aromatic N) is 1. The predicted octanol–water partition coefficient (Wildman–Crippen LogP) is 5.16. The van der Waals surface area contributed by atoms with Crippen molar-refractivity contribution in [1.82, 2.24) is 4.90 Å². The molecule has 1 aromatic heterocycles. The molecule has 0 spiro atoms. The third kappa shape index (κ3) is 4.82. The van der Waals surface area contributed by atoms with Crippen LogP contribution in [0.25, 0.3) is 11.0 Å². The van der Waals surface area contributed by atoms with Gasteiger partial charge in [-0.05, 0) is 43.3 Å². The molecule has 3 rings (SSSR count). The van der Waals surface area contributed by atoms with Crippen LogP contribution in [-0.2, 0) is 5.41 Å². The lowest BCUT2D eigenvalue weighted by Gasteiger charge is -2.22. The van der Waals surface area contributed by atoms with E-state index < -0.39 is 0 Å². The third-order valence-electron chi connectivity index (χ3n) is 4.80. The van der Waals surface area contributed by atoms with Gasteiger partial charge in [-0.15, -0.1) is 0 Å². The summed E-state index contributed by atoms with van der Waals surface area (Å²) in [5, 5.41) is 0.904. The number of rotatable bonds is 6. The second-order valence-corrected chi connectivity index (χ2v) is 8.51. The van der Waals surface area contributed by atoms with E-state index in [-0.39, 0.29) is 17.1 Å². The highest BCUT2D eigenvalue weighted by Gasteiger charge is 2.20. The van der Waals surface area contributed by atoms with E-state index in [1.807, 2.05) is 63.2 Å². The number of hydrogen-bond acceptors (Lipinski definition) is 4. The average molecular weight is 380 g/mol. The highest BCUT2D eigenvalue weighted by Crippen LogP contribution is 2.29. The third-order valence-corrected chi connectivity index (χ3v) is 4.80. The predicted molar refractivity (Wildman–Crippen MR) is 114 cm³/mol. The lowest BCUT2D eigenvalue weighted by Crippen LogP contribution is -2.21. The summed E-state index contributed by atoms with van der Waals surface area (Å²) < 4.78 is 11.9. The zero-order chi connectivity index (χ0) is 20.3. The molecule has 4 nitrogen and oxygen atoms in total. The van der Waals surface area contributed by atoms with Crippen LogP contribution in [0.1, 0.15) is 44.4 Å². The second kappa shape index (κ2) is 8.19. The normalized spacial score (nSPS) is 13.1. The number of hydrogen-bond donors (Lipinski definition) is 0. The molecule has 0 fully saturated rings. The number of benzene rings is 2. The Hall–Kier alpha value is -2.59. The molecule has 0 radical (unpaired) electrons. The first-order chi connectivity index (χ1) is 13.2. The van der Waals surface area contributed by atoms with Crippen LogP contribution in [0.4, 0.5) is 0 Å². The van der Waals surface area contributed by atoms with Gasteiger partial charge in [0.15, 0.2) is 0 Å². The zero-order valence-corrected chi connectivity index (χ0v) is 17.4. The molecule has 28 heavy (non-hydrogen) atoms. The lowest BCUT2D eigenvalue weighted by atomic mass is 9.88. The molecule has 0 saturated heterocycles. The van der Waals surface area contributed by atoms with Gasteiger partial charge in [-0.1, -0.05) is 51.1 Å². The maximum Gasteiger partial charge on any atom is 0.339 e. The minimum absolute atomic E-state index is 0.0679. The number of ether oxygens (including phenoxy) is 1. The first kappa shape index (κ1) is 20.2. The molecule has 1 heterocycles. The van der Waals surface area contributed by atoms with Crippen LogP contribution >= 0.6 is 0 Å². The minimum atomic E-state index is -0.288. The molecule has 0 N–H and O–H groups in total. The van der Waals surface area contributed by atoms with Crippen molar-refractivity contribution in [2.75, 3.05) is 20.6 Å². The van der Waals surface area contributed by atoms with Gasteiger partial charge in [0.25, 0.3) is 0 Å². The van der Waals surface area contributed by atoms with E-state index in [4.69, 9.17) is 9.15 Å². The molecule has 0 bridgehead atoms. The van der Waals surface area contributed by atoms with E-state index in [0.717, 1.165) is 23.9 Å². The maximum absolute atomic E-state index is 12.4. The van der Waals surface area contributed by atoms with E-state index >= 15 is 0 Å². The Morgan fingerprint density at radius 2 is 1.75 bits per heavy atom. The molecular formula is C24H29NO3. The molecule has 0 aliphatic carbocycles. The van der Waals surface area contributed by atoms with Gasteiger partial charge in [0, 0.05) is 30.0 Å². The van der Waals surface area contributed by atoms with Crippen molar-refractivity contribution in [2.45, 2.75) is 38.7 Å². The first-order valence-corrected chi connectivity index (χ1v) is 9.69. The van der Waals surface area contributed by atoms with Gasteiger partial charge in [-0.3, -0.25) is 0 Å². The molecule has 0 aliphatic heterocycles. The minimum Gasteiger partial charge on any atom is -0.486 e. The van der Waals surface area contributed by atoms with Gasteiger partial charge < -0.3 is 14.1 Å². The summed E-state index contributed by atoms with van der Waals surface area (Å²) in [7, 11) is 4.11. The fourth-order valence-corrected chi connectivity index (χ4v) is 3.19. The molecule has 0 saturated carbocycles. The molecule has 4 heteroatoms. The maximum atomic E-state index is 12.4. The van der Waals surface area contributed by atoms with E-state index in [1.165, 1.54) is 0 Å². The van der Waals surface area contributed by atoms with Crippen LogP contribution in [-0.4, -0.2) is 25.5 Å². The van der Waals surface area contributed by atoms with Crippen LogP contribution in [0, 0.1) is 0 Å². The van der Waals surface area contributed by atoms with Gasteiger partial charge in [-0.2, -0.15) is 0 Å². The van der Waals surface area contributed by atoms with Gasteiger partial charge in [0.1, 0.15) is 17.4 Å². The zero-order valence-electron chi connectivity index (χ0n) is 17.4. The molecule has 3 aromatic rings. The van der Waals surface area contributed by atoms with Crippen molar-refractivity contribution >= 4 is 11.0 Å². The smallest absolute Gasteiger partial charge is 0.339 e. The summed E-state index contributed by atoms with van der Waals surface area (Å²) in [4.78, 5) is 14.5. The Labute approximate surface area is 166 Å². The highest BCUT2D eigenvalue weighted by molar-refractivity contribution is 5.78. The second-order valence-electron chi connectivity index (χ2n) is 8.51. The van der Waals surface area contributed by atoms with Gasteiger partial charge >= 0.3 is 5.63 Å². The van der Waals surface area contributed by atoms with Crippen LogP contribution in [0.15, 0.2) is 63.8 Å². The topological polar surface area (TPSA) is 42.7 Å². The monoisotopic (exact) mass is 379 g/mol. The van der Waals surface area contributed by atoms with Crippen LogP contribution < -0.4 is 10.4 Å². The van der Waals surface area contributed by atoms with Crippen molar-refractivity contribution in [3.8, 4) is 5.75 Å². The van der Waals surface area contributed by atoms with Crippen LogP contribution in [0.5, 0.6) is 5.75 Å². The fraction of sp³-hybridized carbons (Fsp3) is 0.375. The molecule has 148 valence electrons. The molecule has 1 unspecified atom stereocenters. The molecule has 2 aromatic carbocycles. The van der Waals surface area contributed by atoms with Gasteiger partial charge in [0.2, 0.25) is 0 Å². The fourth-order valence-electron chi connectivity index (χ4n) is 3.19. The molecule has 0 amide bonds. The molecule has 0 aliphatic rings. The first-order valence-electron chi connectivity index (χ1n) is 9.69. The van der Waals surface area contributed by atoms with E-state index in [1.54, 1.807) is 0 Å². The summed E-state index contributed by atoms with van der Waals surface area (Å²) in [6.45, 7) is 6.95. The Kier molecular flexibility index (Phi) is 5.90. The Morgan fingerprint density at radius 3 is 2.39 bits per heavy atom. The Balaban J connectivity index is 1.92. The summed E-state index contributed by atoms with van der Waals surface area (Å²) >= 11 is 0. The van der Waals surface area contributed by atoms with Gasteiger partial charge in [-0.25, -0.2) is 4.79 Å². The summed E-state index contributed by atoms with van der Waals surface area (Å²) in [5.41, 5.74) is 1.82. The van der Waals surface area contributed by atoms with Crippen LogP contribution in [0.3, 0.4) is 0 Å². The SMILES string of the molecule is CN(C)CCC(Oc1ccc2cc(C(C)(C)C)c(=O)oc2c1)c1ccccc1. The molecule has 1 atom stereocenters. The lowest BCUT2D eigenvalue weighted by molar-refractivity contribution is 0.179. The summed E-state index contributed by atoms with van der Waals surface area (Å²) in [6, 6.07) is 17.8. The Bertz CT molecular complexity index is 984. The van der Waals surface area contributed by atoms with Crippen molar-refractivity contribution in [3.63, 3.8) is 0 Å². The van der Waals surface area contributed by atoms with Crippen molar-refractivity contribution in [3.05, 3.63) is 76.1 Å². The quantitative estimate of drug-likeness (QED) is 0.555. The van der Waals surface area contributed by atoms with Crippen molar-refractivity contribution in [1.29, 1.82) is 0 Å². The van der Waals surface area contributed by atoms with Crippen LogP contribution in [0.2, 0.25) is 0 Å². The molecular weight excluding hydrogens is 350 g/mol. The number of fused-ring (bicyclic) bond motifs is 1.